The molecule has 2 aromatic heterocycles. The van der Waals surface area contributed by atoms with Gasteiger partial charge in [0.05, 0.1) is 0 Å². The number of hydrogen-bond acceptors (Lipinski definition) is 4. The maximum Gasteiger partial charge on any atom is 0.371 e. The topological polar surface area (TPSA) is 63.3 Å². The van der Waals surface area contributed by atoms with Crippen molar-refractivity contribution in [3.05, 3.63) is 47.7 Å². The molecule has 1 N–H and O–H groups in total. The van der Waals surface area contributed by atoms with Crippen LogP contribution in [0.5, 0.6) is 0 Å². The molecule has 0 aliphatic heterocycles. The van der Waals surface area contributed by atoms with Crippen LogP contribution in [-0.2, 0) is 5.75 Å². The van der Waals surface area contributed by atoms with Crippen molar-refractivity contribution < 1.29 is 14.3 Å². The van der Waals surface area contributed by atoms with Crippen molar-refractivity contribution in [1.29, 1.82) is 0 Å². The molecule has 0 radical (unpaired) electrons. The van der Waals surface area contributed by atoms with Gasteiger partial charge >= 0.3 is 5.97 Å². The predicted molar refractivity (Wildman–Crippen MR) is 64.2 cm³/mol. The van der Waals surface area contributed by atoms with Gasteiger partial charge in [0.25, 0.3) is 0 Å². The van der Waals surface area contributed by atoms with E-state index in [0.717, 1.165) is 10.5 Å². The van der Waals surface area contributed by atoms with Gasteiger partial charge in [-0.2, -0.15) is 0 Å². The number of aryl methyl sites for hydroxylation is 1. The Labute approximate surface area is 103 Å². The third-order valence-electron chi connectivity index (χ3n) is 2.28. The quantitative estimate of drug-likeness (QED) is 0.844. The average molecular weight is 249 g/mol. The van der Waals surface area contributed by atoms with Crippen LogP contribution in [0.1, 0.15) is 21.9 Å². The van der Waals surface area contributed by atoms with Gasteiger partial charge in [0, 0.05) is 28.6 Å². The number of carbonyl (C=O) groups is 1. The lowest BCUT2D eigenvalue weighted by atomic mass is 10.3. The van der Waals surface area contributed by atoms with Crippen molar-refractivity contribution in [3.8, 4) is 0 Å². The molecule has 88 valence electrons. The molecule has 0 saturated carbocycles. The molecule has 5 heteroatoms. The number of pyridine rings is 1. The van der Waals surface area contributed by atoms with Gasteiger partial charge < -0.3 is 9.52 Å². The lowest BCUT2D eigenvalue weighted by Gasteiger charge is -1.99. The minimum absolute atomic E-state index is 0.00664. The first kappa shape index (κ1) is 11.7. The van der Waals surface area contributed by atoms with E-state index in [1.807, 2.05) is 12.1 Å². The molecule has 0 aliphatic rings. The van der Waals surface area contributed by atoms with Crippen molar-refractivity contribution >= 4 is 17.7 Å². The molecule has 0 unspecified atom stereocenters. The minimum Gasteiger partial charge on any atom is -0.475 e. The zero-order valence-corrected chi connectivity index (χ0v) is 10.0. The van der Waals surface area contributed by atoms with Crippen LogP contribution in [0, 0.1) is 6.92 Å². The van der Waals surface area contributed by atoms with E-state index in [4.69, 9.17) is 9.52 Å². The maximum atomic E-state index is 10.7. The maximum absolute atomic E-state index is 10.7. The Morgan fingerprint density at radius 1 is 1.47 bits per heavy atom. The Hall–Kier alpha value is -1.75. The molecule has 0 fully saturated rings. The number of nitrogens with zero attached hydrogens (tertiary/aromatic N) is 1. The van der Waals surface area contributed by atoms with Crippen LogP contribution in [0.3, 0.4) is 0 Å². The number of carboxylic acids is 1. The molecule has 0 aromatic carbocycles. The average Bonchev–Trinajstić information content (AvgIpc) is 2.70. The van der Waals surface area contributed by atoms with E-state index in [-0.39, 0.29) is 5.76 Å². The highest BCUT2D eigenvalue weighted by Crippen LogP contribution is 2.25. The van der Waals surface area contributed by atoms with Gasteiger partial charge in [-0.05, 0) is 25.1 Å². The highest BCUT2D eigenvalue weighted by molar-refractivity contribution is 7.98. The van der Waals surface area contributed by atoms with Crippen molar-refractivity contribution in [2.24, 2.45) is 0 Å². The summed E-state index contributed by atoms with van der Waals surface area (Å²) in [5, 5.41) is 8.80. The lowest BCUT2D eigenvalue weighted by molar-refractivity contribution is 0.0661. The van der Waals surface area contributed by atoms with E-state index < -0.39 is 5.97 Å². The van der Waals surface area contributed by atoms with Gasteiger partial charge in [-0.15, -0.1) is 11.8 Å². The number of carboxylic acid groups (broad SMARTS) is 1. The Morgan fingerprint density at radius 2 is 2.18 bits per heavy atom. The highest BCUT2D eigenvalue weighted by Gasteiger charge is 2.12. The summed E-state index contributed by atoms with van der Waals surface area (Å²) in [6, 6.07) is 5.40. The van der Waals surface area contributed by atoms with Gasteiger partial charge in [-0.3, -0.25) is 4.98 Å². The molecular formula is C12H11NO3S. The van der Waals surface area contributed by atoms with Gasteiger partial charge in [0.1, 0.15) is 5.76 Å². The second kappa shape index (κ2) is 5.05. The Morgan fingerprint density at radius 3 is 2.76 bits per heavy atom. The number of aromatic carboxylic acids is 1. The third-order valence-corrected chi connectivity index (χ3v) is 3.34. The molecule has 4 nitrogen and oxygen atoms in total. The van der Waals surface area contributed by atoms with Gasteiger partial charge in [-0.25, -0.2) is 4.79 Å². The van der Waals surface area contributed by atoms with E-state index in [1.165, 1.54) is 0 Å². The largest absolute Gasteiger partial charge is 0.475 e. The van der Waals surface area contributed by atoms with Crippen molar-refractivity contribution in [3.63, 3.8) is 0 Å². The van der Waals surface area contributed by atoms with Crippen LogP contribution < -0.4 is 0 Å². The molecule has 17 heavy (non-hydrogen) atoms. The summed E-state index contributed by atoms with van der Waals surface area (Å²) in [6.07, 6.45) is 3.46. The normalized spacial score (nSPS) is 10.4. The zero-order chi connectivity index (χ0) is 12.3. The summed E-state index contributed by atoms with van der Waals surface area (Å²) in [6.45, 7) is 1.77. The van der Waals surface area contributed by atoms with E-state index in [2.05, 4.69) is 4.98 Å². The molecular weight excluding hydrogens is 238 g/mol. The summed E-state index contributed by atoms with van der Waals surface area (Å²) in [5.74, 6) is 0.303. The monoisotopic (exact) mass is 249 g/mol. The number of rotatable bonds is 4. The molecule has 2 rings (SSSR count). The molecule has 0 atom stereocenters. The second-order valence-electron chi connectivity index (χ2n) is 3.47. The van der Waals surface area contributed by atoms with Crippen LogP contribution >= 0.6 is 11.8 Å². The first-order valence-corrected chi connectivity index (χ1v) is 6.01. The predicted octanol–water partition coefficient (Wildman–Crippen LogP) is 2.97. The lowest BCUT2D eigenvalue weighted by Crippen LogP contribution is -1.91. The van der Waals surface area contributed by atoms with Gasteiger partial charge in [0.2, 0.25) is 5.76 Å². The fraction of sp³-hybridized carbons (Fsp3) is 0.167. The van der Waals surface area contributed by atoms with E-state index in [0.29, 0.717) is 11.5 Å². The molecule has 0 aliphatic carbocycles. The third kappa shape index (κ3) is 2.88. The molecule has 0 amide bonds. The summed E-state index contributed by atoms with van der Waals surface area (Å²) < 4.78 is 5.14. The fourth-order valence-corrected chi connectivity index (χ4v) is 2.29. The molecule has 2 heterocycles. The second-order valence-corrected chi connectivity index (χ2v) is 4.52. The van der Waals surface area contributed by atoms with E-state index in [1.54, 1.807) is 37.1 Å². The standard InChI is InChI=1S/C12H11NO3S/c1-8-9(6-11(16-8)12(14)15)7-17-10-2-4-13-5-3-10/h2-6H,7H2,1H3,(H,14,15). The highest BCUT2D eigenvalue weighted by atomic mass is 32.2. The number of thioether (sulfide) groups is 1. The van der Waals surface area contributed by atoms with Gasteiger partial charge in [-0.1, -0.05) is 0 Å². The molecule has 2 aromatic rings. The summed E-state index contributed by atoms with van der Waals surface area (Å²) in [5.41, 5.74) is 0.907. The van der Waals surface area contributed by atoms with Crippen LogP contribution in [0.25, 0.3) is 0 Å². The van der Waals surface area contributed by atoms with E-state index >= 15 is 0 Å². The van der Waals surface area contributed by atoms with Crippen molar-refractivity contribution in [1.82, 2.24) is 4.98 Å². The van der Waals surface area contributed by atoms with Crippen molar-refractivity contribution in [2.75, 3.05) is 0 Å². The van der Waals surface area contributed by atoms with Crippen LogP contribution in [0.2, 0.25) is 0 Å². The zero-order valence-electron chi connectivity index (χ0n) is 9.21. The molecule has 0 spiro atoms. The van der Waals surface area contributed by atoms with Crippen LogP contribution in [0.15, 0.2) is 39.9 Å². The SMILES string of the molecule is Cc1oc(C(=O)O)cc1CSc1ccncc1. The van der Waals surface area contributed by atoms with Crippen LogP contribution in [0.4, 0.5) is 0 Å². The number of furan rings is 1. The Bertz CT molecular complexity index is 522. The Kier molecular flexibility index (Phi) is 3.49. The smallest absolute Gasteiger partial charge is 0.371 e. The first-order chi connectivity index (χ1) is 8.16. The first-order valence-electron chi connectivity index (χ1n) is 5.02. The minimum atomic E-state index is -1.03. The fourth-order valence-electron chi connectivity index (χ4n) is 1.36. The summed E-state index contributed by atoms with van der Waals surface area (Å²) in [4.78, 5) is 15.8. The number of hydrogen-bond donors (Lipinski definition) is 1. The van der Waals surface area contributed by atoms with E-state index in [9.17, 15) is 4.79 Å². The van der Waals surface area contributed by atoms with Crippen molar-refractivity contribution in [2.45, 2.75) is 17.6 Å². The summed E-state index contributed by atoms with van der Waals surface area (Å²) in [7, 11) is 0. The molecule has 0 saturated heterocycles. The molecule has 0 bridgehead atoms. The number of aromatic nitrogens is 1. The summed E-state index contributed by atoms with van der Waals surface area (Å²) >= 11 is 1.62. The van der Waals surface area contributed by atoms with Gasteiger partial charge in [0.15, 0.2) is 0 Å². The van der Waals surface area contributed by atoms with Crippen LogP contribution in [-0.4, -0.2) is 16.1 Å². The Balaban J connectivity index is 2.07.